The van der Waals surface area contributed by atoms with Gasteiger partial charge in [-0.15, -0.1) is 0 Å². The summed E-state index contributed by atoms with van der Waals surface area (Å²) in [5.41, 5.74) is 1.76. The van der Waals surface area contributed by atoms with Crippen LogP contribution in [0.25, 0.3) is 22.0 Å². The molecule has 2 aromatic carbocycles. The number of fused-ring (bicyclic) bond motifs is 1. The average Bonchev–Trinajstić information content (AvgIpc) is 2.65. The average molecular weight is 334 g/mol. The normalized spacial score (nSPS) is 10.4. The third-order valence-electron chi connectivity index (χ3n) is 3.78. The van der Waals surface area contributed by atoms with E-state index in [2.05, 4.69) is 10.3 Å². The Morgan fingerprint density at radius 2 is 1.88 bits per heavy atom. The van der Waals surface area contributed by atoms with Crippen molar-refractivity contribution in [1.82, 2.24) is 10.3 Å². The standard InChI is InChI=1S/C19H14N2O4/c22-10-9-21-18(23)14-4-1-5-15(19(24)25)17(14)13-7-6-12-3-2-8-20-16(12)11-13/h1-8,10-11H,9H2,(H,21,23)(H,24,25). The number of aromatic carboxylic acids is 1. The number of amides is 1. The van der Waals surface area contributed by atoms with Gasteiger partial charge in [0.05, 0.1) is 17.6 Å². The molecule has 3 aromatic rings. The highest BCUT2D eigenvalue weighted by atomic mass is 16.4. The second-order valence-corrected chi connectivity index (χ2v) is 5.32. The number of rotatable bonds is 5. The van der Waals surface area contributed by atoms with Crippen molar-refractivity contribution in [1.29, 1.82) is 0 Å². The zero-order valence-corrected chi connectivity index (χ0v) is 13.1. The largest absolute Gasteiger partial charge is 0.478 e. The molecule has 2 N–H and O–H groups in total. The molecule has 25 heavy (non-hydrogen) atoms. The highest BCUT2D eigenvalue weighted by molar-refractivity contribution is 6.08. The summed E-state index contributed by atoms with van der Waals surface area (Å²) in [5.74, 6) is -1.65. The smallest absolute Gasteiger partial charge is 0.336 e. The monoisotopic (exact) mass is 334 g/mol. The van der Waals surface area contributed by atoms with Gasteiger partial charge in [-0.05, 0) is 29.8 Å². The first-order valence-corrected chi connectivity index (χ1v) is 7.55. The summed E-state index contributed by atoms with van der Waals surface area (Å²) in [5, 5.41) is 12.9. The number of carboxylic acid groups (broad SMARTS) is 1. The Labute approximate surface area is 143 Å². The molecular weight excluding hydrogens is 320 g/mol. The van der Waals surface area contributed by atoms with Crippen LogP contribution in [0.1, 0.15) is 20.7 Å². The van der Waals surface area contributed by atoms with Crippen LogP contribution in [0.15, 0.2) is 54.7 Å². The molecule has 1 amide bonds. The lowest BCUT2D eigenvalue weighted by atomic mass is 9.93. The number of aromatic nitrogens is 1. The van der Waals surface area contributed by atoms with E-state index in [4.69, 9.17) is 0 Å². The Hall–Kier alpha value is -3.54. The van der Waals surface area contributed by atoms with E-state index in [-0.39, 0.29) is 17.7 Å². The fourth-order valence-electron chi connectivity index (χ4n) is 2.68. The van der Waals surface area contributed by atoms with Crippen LogP contribution in [0, 0.1) is 0 Å². The van der Waals surface area contributed by atoms with Crippen molar-refractivity contribution in [3.05, 3.63) is 65.9 Å². The Morgan fingerprint density at radius 3 is 2.64 bits per heavy atom. The first-order valence-electron chi connectivity index (χ1n) is 7.55. The van der Waals surface area contributed by atoms with Crippen LogP contribution in [0.2, 0.25) is 0 Å². The summed E-state index contributed by atoms with van der Waals surface area (Å²) in [6.45, 7) is -0.144. The molecule has 0 spiro atoms. The van der Waals surface area contributed by atoms with Crippen molar-refractivity contribution in [2.24, 2.45) is 0 Å². The molecule has 6 heteroatoms. The molecule has 3 rings (SSSR count). The maximum atomic E-state index is 12.4. The van der Waals surface area contributed by atoms with Gasteiger partial charge in [-0.25, -0.2) is 4.79 Å². The van der Waals surface area contributed by atoms with Gasteiger partial charge in [-0.1, -0.05) is 24.3 Å². The fourth-order valence-corrected chi connectivity index (χ4v) is 2.68. The molecule has 1 aromatic heterocycles. The molecule has 124 valence electrons. The molecule has 0 unspecified atom stereocenters. The third kappa shape index (κ3) is 3.23. The van der Waals surface area contributed by atoms with Crippen molar-refractivity contribution >= 4 is 29.1 Å². The second-order valence-electron chi connectivity index (χ2n) is 5.32. The zero-order valence-electron chi connectivity index (χ0n) is 13.1. The number of nitrogens with zero attached hydrogens (tertiary/aromatic N) is 1. The van der Waals surface area contributed by atoms with Crippen molar-refractivity contribution in [2.45, 2.75) is 0 Å². The number of carbonyl (C=O) groups is 3. The molecule has 0 aliphatic heterocycles. The van der Waals surface area contributed by atoms with Crippen molar-refractivity contribution in [2.75, 3.05) is 6.54 Å². The van der Waals surface area contributed by atoms with Gasteiger partial charge < -0.3 is 15.2 Å². The van der Waals surface area contributed by atoms with Gasteiger partial charge in [-0.2, -0.15) is 0 Å². The van der Waals surface area contributed by atoms with Crippen LogP contribution >= 0.6 is 0 Å². The SMILES string of the molecule is O=CCNC(=O)c1cccc(C(=O)O)c1-c1ccc2cccnc2c1. The number of aldehydes is 1. The highest BCUT2D eigenvalue weighted by Crippen LogP contribution is 2.30. The van der Waals surface area contributed by atoms with Crippen molar-refractivity contribution < 1.29 is 19.5 Å². The molecule has 6 nitrogen and oxygen atoms in total. The Balaban J connectivity index is 2.21. The molecular formula is C19H14N2O4. The van der Waals surface area contributed by atoms with Gasteiger partial charge in [0, 0.05) is 22.7 Å². The Kier molecular flexibility index (Phi) is 4.52. The van der Waals surface area contributed by atoms with E-state index in [0.29, 0.717) is 22.9 Å². The van der Waals surface area contributed by atoms with E-state index in [1.165, 1.54) is 18.2 Å². The Bertz CT molecular complexity index is 982. The summed E-state index contributed by atoms with van der Waals surface area (Å²) >= 11 is 0. The van der Waals surface area contributed by atoms with Gasteiger partial charge in [0.2, 0.25) is 0 Å². The lowest BCUT2D eigenvalue weighted by molar-refractivity contribution is -0.107. The number of hydrogen-bond acceptors (Lipinski definition) is 4. The third-order valence-corrected chi connectivity index (χ3v) is 3.78. The van der Waals surface area contributed by atoms with Gasteiger partial charge in [0.15, 0.2) is 0 Å². The van der Waals surface area contributed by atoms with E-state index >= 15 is 0 Å². The topological polar surface area (TPSA) is 96.4 Å². The van der Waals surface area contributed by atoms with E-state index in [9.17, 15) is 19.5 Å². The first-order chi connectivity index (χ1) is 12.1. The predicted molar refractivity (Wildman–Crippen MR) is 92.5 cm³/mol. The van der Waals surface area contributed by atoms with Gasteiger partial charge >= 0.3 is 5.97 Å². The van der Waals surface area contributed by atoms with Crippen LogP contribution in [0.5, 0.6) is 0 Å². The number of carbonyl (C=O) groups excluding carboxylic acids is 2. The maximum absolute atomic E-state index is 12.4. The lowest BCUT2D eigenvalue weighted by Gasteiger charge is -2.13. The van der Waals surface area contributed by atoms with E-state index < -0.39 is 11.9 Å². The number of pyridine rings is 1. The van der Waals surface area contributed by atoms with Crippen molar-refractivity contribution in [3.8, 4) is 11.1 Å². The van der Waals surface area contributed by atoms with Crippen LogP contribution < -0.4 is 5.32 Å². The minimum absolute atomic E-state index is 0.00836. The maximum Gasteiger partial charge on any atom is 0.336 e. The quantitative estimate of drug-likeness (QED) is 0.699. The van der Waals surface area contributed by atoms with Gasteiger partial charge in [-0.3, -0.25) is 9.78 Å². The van der Waals surface area contributed by atoms with Gasteiger partial charge in [0.25, 0.3) is 5.91 Å². The number of benzene rings is 2. The molecule has 0 aliphatic rings. The molecule has 0 saturated carbocycles. The minimum atomic E-state index is -1.14. The molecule has 0 fully saturated rings. The van der Waals surface area contributed by atoms with E-state index in [1.54, 1.807) is 18.3 Å². The molecule has 0 radical (unpaired) electrons. The van der Waals surface area contributed by atoms with E-state index in [1.807, 2.05) is 18.2 Å². The first kappa shape index (κ1) is 16.3. The molecule has 0 saturated heterocycles. The van der Waals surface area contributed by atoms with Crippen LogP contribution in [0.4, 0.5) is 0 Å². The zero-order chi connectivity index (χ0) is 17.8. The Morgan fingerprint density at radius 1 is 1.08 bits per heavy atom. The second kappa shape index (κ2) is 6.92. The summed E-state index contributed by atoms with van der Waals surface area (Å²) in [6, 6.07) is 13.5. The molecule has 1 heterocycles. The fraction of sp³-hybridized carbons (Fsp3) is 0.0526. The minimum Gasteiger partial charge on any atom is -0.478 e. The van der Waals surface area contributed by atoms with Crippen LogP contribution in [0.3, 0.4) is 0 Å². The lowest BCUT2D eigenvalue weighted by Crippen LogP contribution is -2.26. The molecule has 0 bridgehead atoms. The molecule has 0 atom stereocenters. The van der Waals surface area contributed by atoms with E-state index in [0.717, 1.165) is 5.39 Å². The van der Waals surface area contributed by atoms with Crippen molar-refractivity contribution in [3.63, 3.8) is 0 Å². The number of hydrogen-bond donors (Lipinski definition) is 2. The summed E-state index contributed by atoms with van der Waals surface area (Å²) < 4.78 is 0. The number of nitrogens with one attached hydrogen (secondary N) is 1. The number of carboxylic acids is 1. The van der Waals surface area contributed by atoms with Crippen LogP contribution in [-0.2, 0) is 4.79 Å². The summed E-state index contributed by atoms with van der Waals surface area (Å²) in [7, 11) is 0. The van der Waals surface area contributed by atoms with Gasteiger partial charge in [0.1, 0.15) is 6.29 Å². The predicted octanol–water partition coefficient (Wildman–Crippen LogP) is 2.53. The summed E-state index contributed by atoms with van der Waals surface area (Å²) in [6.07, 6.45) is 2.21. The highest BCUT2D eigenvalue weighted by Gasteiger charge is 2.20. The summed E-state index contributed by atoms with van der Waals surface area (Å²) in [4.78, 5) is 38.8. The van der Waals surface area contributed by atoms with Crippen LogP contribution in [-0.4, -0.2) is 34.8 Å². The molecule has 0 aliphatic carbocycles.